The highest BCUT2D eigenvalue weighted by Crippen LogP contribution is 2.13. The molecule has 4 nitrogen and oxygen atoms in total. The molecule has 2 aliphatic heterocycles. The minimum absolute atomic E-state index is 0.0744. The molecule has 0 spiro atoms. The van der Waals surface area contributed by atoms with Gasteiger partial charge in [0.25, 0.3) is 0 Å². The topological polar surface area (TPSA) is 58.4 Å². The quantitative estimate of drug-likeness (QED) is 0.565. The van der Waals surface area contributed by atoms with Gasteiger partial charge < -0.3 is 16.0 Å². The SMILES string of the molecule is N[C@@H]1CCN(C(=O)[C@@H]2CCCN2)C1. The number of rotatable bonds is 1. The molecule has 0 saturated carbocycles. The first kappa shape index (κ1) is 8.97. The lowest BCUT2D eigenvalue weighted by atomic mass is 10.2. The Balaban J connectivity index is 1.89. The van der Waals surface area contributed by atoms with Crippen molar-refractivity contribution in [2.24, 2.45) is 5.73 Å². The Bertz CT molecular complexity index is 201. The Hall–Kier alpha value is -0.610. The van der Waals surface area contributed by atoms with E-state index in [1.54, 1.807) is 0 Å². The molecule has 2 aliphatic rings. The van der Waals surface area contributed by atoms with Crippen LogP contribution in [0.3, 0.4) is 0 Å². The van der Waals surface area contributed by atoms with Crippen LogP contribution in [0.2, 0.25) is 0 Å². The van der Waals surface area contributed by atoms with E-state index in [1.165, 1.54) is 0 Å². The molecule has 3 N–H and O–H groups in total. The minimum atomic E-state index is 0.0744. The number of nitrogens with two attached hydrogens (primary N) is 1. The van der Waals surface area contributed by atoms with Gasteiger partial charge in [-0.2, -0.15) is 0 Å². The highest BCUT2D eigenvalue weighted by Gasteiger charge is 2.30. The van der Waals surface area contributed by atoms with E-state index in [1.807, 2.05) is 4.90 Å². The molecule has 0 radical (unpaired) electrons. The van der Waals surface area contributed by atoms with Crippen LogP contribution in [0.25, 0.3) is 0 Å². The summed E-state index contributed by atoms with van der Waals surface area (Å²) in [6.45, 7) is 2.57. The molecule has 0 aromatic rings. The van der Waals surface area contributed by atoms with Crippen molar-refractivity contribution in [3.8, 4) is 0 Å². The zero-order chi connectivity index (χ0) is 9.26. The molecule has 0 aromatic heterocycles. The van der Waals surface area contributed by atoms with Crippen molar-refractivity contribution in [1.82, 2.24) is 10.2 Å². The molecular weight excluding hydrogens is 166 g/mol. The Morgan fingerprint density at radius 3 is 2.85 bits per heavy atom. The van der Waals surface area contributed by atoms with Crippen LogP contribution < -0.4 is 11.1 Å². The molecule has 0 bridgehead atoms. The largest absolute Gasteiger partial charge is 0.340 e. The van der Waals surface area contributed by atoms with E-state index in [0.29, 0.717) is 0 Å². The van der Waals surface area contributed by atoms with Crippen LogP contribution in [-0.2, 0) is 4.79 Å². The number of nitrogens with one attached hydrogen (secondary N) is 1. The summed E-state index contributed by atoms with van der Waals surface area (Å²) in [4.78, 5) is 13.7. The first-order valence-corrected chi connectivity index (χ1v) is 5.05. The van der Waals surface area contributed by atoms with Crippen LogP contribution in [0, 0.1) is 0 Å². The highest BCUT2D eigenvalue weighted by molar-refractivity contribution is 5.82. The van der Waals surface area contributed by atoms with E-state index in [0.717, 1.165) is 38.9 Å². The zero-order valence-corrected chi connectivity index (χ0v) is 7.83. The molecule has 74 valence electrons. The van der Waals surface area contributed by atoms with E-state index in [2.05, 4.69) is 5.32 Å². The third-order valence-corrected chi connectivity index (χ3v) is 2.89. The van der Waals surface area contributed by atoms with Gasteiger partial charge in [0, 0.05) is 19.1 Å². The van der Waals surface area contributed by atoms with Gasteiger partial charge in [0.05, 0.1) is 6.04 Å². The maximum Gasteiger partial charge on any atom is 0.239 e. The molecule has 2 saturated heterocycles. The van der Waals surface area contributed by atoms with Gasteiger partial charge in [-0.05, 0) is 25.8 Å². The zero-order valence-electron chi connectivity index (χ0n) is 7.83. The number of carbonyl (C=O) groups is 1. The van der Waals surface area contributed by atoms with Crippen LogP contribution in [0.5, 0.6) is 0 Å². The Morgan fingerprint density at radius 1 is 1.46 bits per heavy atom. The Kier molecular flexibility index (Phi) is 2.51. The fraction of sp³-hybridized carbons (Fsp3) is 0.889. The molecule has 13 heavy (non-hydrogen) atoms. The first-order chi connectivity index (χ1) is 6.27. The van der Waals surface area contributed by atoms with Crippen molar-refractivity contribution in [1.29, 1.82) is 0 Å². The maximum atomic E-state index is 11.8. The lowest BCUT2D eigenvalue weighted by molar-refractivity contribution is -0.132. The fourth-order valence-electron chi connectivity index (χ4n) is 2.10. The van der Waals surface area contributed by atoms with Crippen molar-refractivity contribution >= 4 is 5.91 Å². The smallest absolute Gasteiger partial charge is 0.239 e. The third kappa shape index (κ3) is 1.84. The van der Waals surface area contributed by atoms with Gasteiger partial charge in [0.15, 0.2) is 0 Å². The number of likely N-dealkylation sites (tertiary alicyclic amines) is 1. The number of hydrogen-bond acceptors (Lipinski definition) is 3. The van der Waals surface area contributed by atoms with E-state index in [4.69, 9.17) is 5.73 Å². The number of carbonyl (C=O) groups excluding carboxylic acids is 1. The summed E-state index contributed by atoms with van der Waals surface area (Å²) in [5, 5.41) is 3.22. The summed E-state index contributed by atoms with van der Waals surface area (Å²) in [6, 6.07) is 0.274. The van der Waals surface area contributed by atoms with Crippen LogP contribution in [0.4, 0.5) is 0 Å². The molecule has 0 aromatic carbocycles. The second-order valence-electron chi connectivity index (χ2n) is 3.98. The molecule has 2 heterocycles. The molecule has 2 fully saturated rings. The number of amides is 1. The van der Waals surface area contributed by atoms with Crippen LogP contribution in [-0.4, -0.2) is 42.5 Å². The predicted molar refractivity (Wildman–Crippen MR) is 50.2 cm³/mol. The minimum Gasteiger partial charge on any atom is -0.340 e. The first-order valence-electron chi connectivity index (χ1n) is 5.05. The van der Waals surface area contributed by atoms with Crippen molar-refractivity contribution in [3.63, 3.8) is 0 Å². The molecule has 2 rings (SSSR count). The van der Waals surface area contributed by atoms with Gasteiger partial charge in [-0.3, -0.25) is 4.79 Å². The van der Waals surface area contributed by atoms with Gasteiger partial charge in [0.1, 0.15) is 0 Å². The lowest BCUT2D eigenvalue weighted by Crippen LogP contribution is -2.43. The van der Waals surface area contributed by atoms with Gasteiger partial charge in [-0.15, -0.1) is 0 Å². The Morgan fingerprint density at radius 2 is 2.31 bits per heavy atom. The molecule has 0 aliphatic carbocycles. The summed E-state index contributed by atoms with van der Waals surface area (Å²) in [6.07, 6.45) is 3.07. The standard InChI is InChI=1S/C9H17N3O/c10-7-3-5-12(6-7)9(13)8-2-1-4-11-8/h7-8,11H,1-6,10H2/t7-,8+/m1/s1. The van der Waals surface area contributed by atoms with E-state index < -0.39 is 0 Å². The summed E-state index contributed by atoms with van der Waals surface area (Å²) in [5.74, 6) is 0.255. The van der Waals surface area contributed by atoms with Gasteiger partial charge in [-0.25, -0.2) is 0 Å². The third-order valence-electron chi connectivity index (χ3n) is 2.89. The molecule has 0 unspecified atom stereocenters. The number of hydrogen-bond donors (Lipinski definition) is 2. The average molecular weight is 183 g/mol. The van der Waals surface area contributed by atoms with Crippen LogP contribution in [0.1, 0.15) is 19.3 Å². The maximum absolute atomic E-state index is 11.8. The second-order valence-corrected chi connectivity index (χ2v) is 3.98. The summed E-state index contributed by atoms with van der Waals surface area (Å²) < 4.78 is 0. The van der Waals surface area contributed by atoms with Crippen molar-refractivity contribution in [3.05, 3.63) is 0 Å². The number of nitrogens with zero attached hydrogens (tertiary/aromatic N) is 1. The highest BCUT2D eigenvalue weighted by atomic mass is 16.2. The molecule has 4 heteroatoms. The second kappa shape index (κ2) is 3.64. The summed E-state index contributed by atoms with van der Waals surface area (Å²) in [7, 11) is 0. The van der Waals surface area contributed by atoms with Gasteiger partial charge >= 0.3 is 0 Å². The van der Waals surface area contributed by atoms with E-state index >= 15 is 0 Å². The Labute approximate surface area is 78.5 Å². The monoisotopic (exact) mass is 183 g/mol. The van der Waals surface area contributed by atoms with Crippen molar-refractivity contribution < 1.29 is 4.79 Å². The molecule has 2 atom stereocenters. The summed E-state index contributed by atoms with van der Waals surface area (Å²) >= 11 is 0. The van der Waals surface area contributed by atoms with E-state index in [9.17, 15) is 4.79 Å². The van der Waals surface area contributed by atoms with Crippen molar-refractivity contribution in [2.75, 3.05) is 19.6 Å². The van der Waals surface area contributed by atoms with E-state index in [-0.39, 0.29) is 18.0 Å². The van der Waals surface area contributed by atoms with Crippen LogP contribution >= 0.6 is 0 Å². The predicted octanol–water partition coefficient (Wildman–Crippen LogP) is -0.702. The van der Waals surface area contributed by atoms with Gasteiger partial charge in [0.2, 0.25) is 5.91 Å². The fourth-order valence-corrected chi connectivity index (χ4v) is 2.10. The van der Waals surface area contributed by atoms with Gasteiger partial charge in [-0.1, -0.05) is 0 Å². The average Bonchev–Trinajstić information content (AvgIpc) is 2.72. The molecule has 1 amide bonds. The van der Waals surface area contributed by atoms with Crippen molar-refractivity contribution in [2.45, 2.75) is 31.3 Å². The summed E-state index contributed by atoms with van der Waals surface area (Å²) in [5.41, 5.74) is 5.75. The lowest BCUT2D eigenvalue weighted by Gasteiger charge is -2.19. The normalized spacial score (nSPS) is 34.1. The molecular formula is C9H17N3O. The van der Waals surface area contributed by atoms with Crippen LogP contribution in [0.15, 0.2) is 0 Å².